The van der Waals surface area contributed by atoms with Gasteiger partial charge in [-0.15, -0.1) is 0 Å². The minimum atomic E-state index is -4.81. The van der Waals surface area contributed by atoms with Gasteiger partial charge in [0.15, 0.2) is 0 Å². The Labute approximate surface area is 225 Å². The molecule has 4 rings (SSSR count). The number of amides is 1. The van der Waals surface area contributed by atoms with Crippen LogP contribution in [0.1, 0.15) is 53.6 Å². The summed E-state index contributed by atoms with van der Waals surface area (Å²) in [6.45, 7) is 2.84. The van der Waals surface area contributed by atoms with E-state index in [1.807, 2.05) is 12.1 Å². The van der Waals surface area contributed by atoms with Gasteiger partial charge in [-0.1, -0.05) is 47.5 Å². The predicted molar refractivity (Wildman–Crippen MR) is 142 cm³/mol. The van der Waals surface area contributed by atoms with E-state index in [0.717, 1.165) is 48.9 Å². The van der Waals surface area contributed by atoms with E-state index >= 15 is 0 Å². The first kappa shape index (κ1) is 28.0. The number of aryl methyl sites for hydroxylation is 3. The van der Waals surface area contributed by atoms with Gasteiger partial charge in [0.05, 0.1) is 27.2 Å². The van der Waals surface area contributed by atoms with Crippen LogP contribution in [0.25, 0.3) is 0 Å². The summed E-state index contributed by atoms with van der Waals surface area (Å²) in [6, 6.07) is 14.2. The lowest BCUT2D eigenvalue weighted by Gasteiger charge is -2.26. The number of halogens is 4. The van der Waals surface area contributed by atoms with Crippen LogP contribution in [0, 0.1) is 6.92 Å². The summed E-state index contributed by atoms with van der Waals surface area (Å²) in [7, 11) is -4.39. The van der Waals surface area contributed by atoms with Gasteiger partial charge in [-0.25, -0.2) is 8.42 Å². The molecule has 0 radical (unpaired) electrons. The fourth-order valence-electron chi connectivity index (χ4n) is 4.56. The maximum atomic E-state index is 13.6. The van der Waals surface area contributed by atoms with Crippen LogP contribution in [0.4, 0.5) is 18.9 Å². The van der Waals surface area contributed by atoms with E-state index in [9.17, 15) is 26.4 Å². The summed E-state index contributed by atoms with van der Waals surface area (Å²) in [6.07, 6.45) is -0.585. The van der Waals surface area contributed by atoms with Gasteiger partial charge < -0.3 is 5.32 Å². The number of nitrogens with one attached hydrogen (secondary N) is 1. The van der Waals surface area contributed by atoms with E-state index in [0.29, 0.717) is 10.4 Å². The van der Waals surface area contributed by atoms with Crippen molar-refractivity contribution >= 4 is 33.2 Å². The van der Waals surface area contributed by atoms with Gasteiger partial charge in [0.25, 0.3) is 10.0 Å². The molecule has 3 aromatic carbocycles. The Hall–Kier alpha value is -3.04. The third kappa shape index (κ3) is 6.15. The molecule has 10 heteroatoms. The maximum Gasteiger partial charge on any atom is 0.417 e. The lowest BCUT2D eigenvalue weighted by molar-refractivity contribution is -0.137. The SMILES string of the molecule is Cc1ccc(S(=O)(=O)N(CC(=O)N[C@H](C)c2ccc3c(c2)CCCC3)c2ccc(Cl)c(C(F)(F)F)c2)cc1. The molecule has 0 heterocycles. The molecule has 5 nitrogen and oxygen atoms in total. The Bertz CT molecular complexity index is 1440. The number of carbonyl (C=O) groups is 1. The minimum Gasteiger partial charge on any atom is -0.348 e. The average molecular weight is 565 g/mol. The van der Waals surface area contributed by atoms with E-state index in [4.69, 9.17) is 11.6 Å². The first-order chi connectivity index (χ1) is 17.9. The quantitative estimate of drug-likeness (QED) is 0.351. The summed E-state index contributed by atoms with van der Waals surface area (Å²) < 4.78 is 68.5. The number of sulfonamides is 1. The van der Waals surface area contributed by atoms with Crippen LogP contribution in [0.15, 0.2) is 65.6 Å². The van der Waals surface area contributed by atoms with E-state index in [1.54, 1.807) is 26.0 Å². The van der Waals surface area contributed by atoms with Crippen LogP contribution in [0.2, 0.25) is 5.02 Å². The van der Waals surface area contributed by atoms with Crippen molar-refractivity contribution in [2.75, 3.05) is 10.8 Å². The summed E-state index contributed by atoms with van der Waals surface area (Å²) in [5.41, 5.74) is 2.69. The van der Waals surface area contributed by atoms with Gasteiger partial charge >= 0.3 is 6.18 Å². The molecular formula is C28H28ClF3N2O3S. The number of rotatable bonds is 7. The van der Waals surface area contributed by atoms with E-state index < -0.39 is 45.3 Å². The molecule has 0 aromatic heterocycles. The molecule has 0 unspecified atom stereocenters. The highest BCUT2D eigenvalue weighted by atomic mass is 35.5. The fourth-order valence-corrected chi connectivity index (χ4v) is 6.20. The van der Waals surface area contributed by atoms with Crippen molar-refractivity contribution in [1.82, 2.24) is 5.32 Å². The van der Waals surface area contributed by atoms with Gasteiger partial charge in [0, 0.05) is 0 Å². The second kappa shape index (κ2) is 11.0. The number of alkyl halides is 3. The zero-order chi connectivity index (χ0) is 27.7. The van der Waals surface area contributed by atoms with Gasteiger partial charge in [-0.2, -0.15) is 13.2 Å². The van der Waals surface area contributed by atoms with Crippen molar-refractivity contribution in [1.29, 1.82) is 0 Å². The molecule has 0 saturated carbocycles. The van der Waals surface area contributed by atoms with E-state index in [-0.39, 0.29) is 10.6 Å². The van der Waals surface area contributed by atoms with Crippen LogP contribution in [0.5, 0.6) is 0 Å². The Morgan fingerprint density at radius 3 is 2.32 bits per heavy atom. The Morgan fingerprint density at radius 2 is 1.66 bits per heavy atom. The molecule has 1 amide bonds. The van der Waals surface area contributed by atoms with Crippen molar-refractivity contribution in [3.05, 3.63) is 93.5 Å². The monoisotopic (exact) mass is 564 g/mol. The zero-order valence-corrected chi connectivity index (χ0v) is 22.6. The van der Waals surface area contributed by atoms with E-state index in [2.05, 4.69) is 11.4 Å². The highest BCUT2D eigenvalue weighted by Crippen LogP contribution is 2.38. The van der Waals surface area contributed by atoms with Gasteiger partial charge in [-0.3, -0.25) is 9.10 Å². The molecule has 0 spiro atoms. The number of fused-ring (bicyclic) bond motifs is 1. The number of anilines is 1. The molecule has 0 fully saturated rings. The van der Waals surface area contributed by atoms with Crippen LogP contribution in [-0.2, 0) is 33.8 Å². The predicted octanol–water partition coefficient (Wildman–Crippen LogP) is 6.62. The average Bonchev–Trinajstić information content (AvgIpc) is 2.87. The second-order valence-electron chi connectivity index (χ2n) is 9.51. The highest BCUT2D eigenvalue weighted by molar-refractivity contribution is 7.92. The van der Waals surface area contributed by atoms with Crippen molar-refractivity contribution < 1.29 is 26.4 Å². The minimum absolute atomic E-state index is 0.151. The second-order valence-corrected chi connectivity index (χ2v) is 11.8. The van der Waals surface area contributed by atoms with Gasteiger partial charge in [0.2, 0.25) is 5.91 Å². The van der Waals surface area contributed by atoms with Gasteiger partial charge in [-0.05, 0) is 86.6 Å². The number of nitrogens with zero attached hydrogens (tertiary/aromatic N) is 1. The maximum absolute atomic E-state index is 13.6. The fraction of sp³-hybridized carbons (Fsp3) is 0.321. The lowest BCUT2D eigenvalue weighted by Crippen LogP contribution is -2.41. The third-order valence-electron chi connectivity index (χ3n) is 6.69. The molecule has 1 atom stereocenters. The summed E-state index contributed by atoms with van der Waals surface area (Å²) in [5.74, 6) is -0.658. The van der Waals surface area contributed by atoms with Crippen LogP contribution < -0.4 is 9.62 Å². The summed E-state index contributed by atoms with van der Waals surface area (Å²) in [5, 5.41) is 2.23. The number of hydrogen-bond acceptors (Lipinski definition) is 3. The standard InChI is InChI=1S/C28H28ClF3N2O3S/c1-18-7-12-24(13-8-18)38(36,37)34(23-11-14-26(29)25(16-23)28(30,31)32)17-27(35)33-19(2)21-10-9-20-5-3-4-6-22(20)15-21/h7-16,19H,3-6,17H2,1-2H3,(H,33,35)/t19-/m1/s1. The zero-order valence-electron chi connectivity index (χ0n) is 21.0. The number of benzene rings is 3. The largest absolute Gasteiger partial charge is 0.417 e. The van der Waals surface area contributed by atoms with E-state index in [1.165, 1.54) is 23.3 Å². The Morgan fingerprint density at radius 1 is 1.00 bits per heavy atom. The molecule has 0 bridgehead atoms. The van der Waals surface area contributed by atoms with Crippen LogP contribution in [0.3, 0.4) is 0 Å². The molecule has 0 aliphatic heterocycles. The lowest BCUT2D eigenvalue weighted by atomic mass is 9.89. The molecule has 0 saturated heterocycles. The van der Waals surface area contributed by atoms with Crippen LogP contribution >= 0.6 is 11.6 Å². The first-order valence-electron chi connectivity index (χ1n) is 12.2. The molecule has 1 aliphatic carbocycles. The molecule has 1 N–H and O–H groups in total. The summed E-state index contributed by atoms with van der Waals surface area (Å²) >= 11 is 5.76. The van der Waals surface area contributed by atoms with Crippen molar-refractivity contribution in [3.8, 4) is 0 Å². The highest BCUT2D eigenvalue weighted by Gasteiger charge is 2.35. The molecule has 3 aromatic rings. The normalized spacial score (nSPS) is 14.5. The number of hydrogen-bond donors (Lipinski definition) is 1. The number of carbonyl (C=O) groups excluding carboxylic acids is 1. The van der Waals surface area contributed by atoms with Gasteiger partial charge in [0.1, 0.15) is 6.54 Å². The van der Waals surface area contributed by atoms with Crippen molar-refractivity contribution in [2.24, 2.45) is 0 Å². The van der Waals surface area contributed by atoms with Crippen LogP contribution in [-0.4, -0.2) is 20.9 Å². The molecule has 1 aliphatic rings. The molecule has 202 valence electrons. The smallest absolute Gasteiger partial charge is 0.348 e. The van der Waals surface area contributed by atoms with Crippen molar-refractivity contribution in [3.63, 3.8) is 0 Å². The molecular weight excluding hydrogens is 537 g/mol. The topological polar surface area (TPSA) is 66.5 Å². The third-order valence-corrected chi connectivity index (χ3v) is 8.81. The van der Waals surface area contributed by atoms with Crippen molar-refractivity contribution in [2.45, 2.75) is 56.6 Å². The Balaban J connectivity index is 1.65. The molecule has 38 heavy (non-hydrogen) atoms. The first-order valence-corrected chi connectivity index (χ1v) is 14.1. The Kier molecular flexibility index (Phi) is 8.09. The summed E-state index contributed by atoms with van der Waals surface area (Å²) in [4.78, 5) is 13.0.